The van der Waals surface area contributed by atoms with E-state index in [0.717, 1.165) is 19.3 Å². The molecule has 0 heterocycles. The summed E-state index contributed by atoms with van der Waals surface area (Å²) in [6.45, 7) is 0. The van der Waals surface area contributed by atoms with Gasteiger partial charge in [-0.2, -0.15) is 0 Å². The summed E-state index contributed by atoms with van der Waals surface area (Å²) in [6.07, 6.45) is 4.05. The zero-order valence-electron chi connectivity index (χ0n) is 10.8. The molecule has 0 atom stereocenters. The Hall–Kier alpha value is -1.29. The molecule has 1 aliphatic rings. The summed E-state index contributed by atoms with van der Waals surface area (Å²) in [5, 5.41) is 10.6. The average molecular weight is 254 g/mol. The molecule has 0 spiro atoms. The third-order valence-electron chi connectivity index (χ3n) is 3.63. The molecule has 1 saturated carbocycles. The first-order chi connectivity index (χ1) is 8.60. The van der Waals surface area contributed by atoms with Crippen molar-refractivity contribution >= 4 is 0 Å². The monoisotopic (exact) mass is 254 g/mol. The maximum atomic E-state index is 14.2. The highest BCUT2D eigenvalue weighted by atomic mass is 19.1. The molecule has 18 heavy (non-hydrogen) atoms. The third-order valence-corrected chi connectivity index (χ3v) is 3.63. The van der Waals surface area contributed by atoms with E-state index in [4.69, 9.17) is 9.47 Å². The van der Waals surface area contributed by atoms with Gasteiger partial charge in [-0.1, -0.05) is 19.3 Å². The summed E-state index contributed by atoms with van der Waals surface area (Å²) in [4.78, 5) is 0. The normalized spacial score (nSPS) is 18.4. The Morgan fingerprint density at radius 2 is 1.78 bits per heavy atom. The average Bonchev–Trinajstić information content (AvgIpc) is 2.38. The Bertz CT molecular complexity index is 425. The van der Waals surface area contributed by atoms with Crippen LogP contribution < -0.4 is 9.47 Å². The van der Waals surface area contributed by atoms with Gasteiger partial charge in [0.15, 0.2) is 0 Å². The first kappa shape index (κ1) is 13.1. The number of hydrogen-bond donors (Lipinski definition) is 1. The number of halogens is 1. The molecule has 1 aromatic rings. The maximum absolute atomic E-state index is 14.2. The van der Waals surface area contributed by atoms with Gasteiger partial charge in [-0.25, -0.2) is 4.39 Å². The topological polar surface area (TPSA) is 38.7 Å². The predicted octanol–water partition coefficient (Wildman–Crippen LogP) is 2.99. The molecule has 100 valence electrons. The second-order valence-corrected chi connectivity index (χ2v) is 4.78. The zero-order valence-corrected chi connectivity index (χ0v) is 10.8. The van der Waals surface area contributed by atoms with E-state index in [9.17, 15) is 9.50 Å². The van der Waals surface area contributed by atoms with Crippen molar-refractivity contribution in [1.29, 1.82) is 0 Å². The van der Waals surface area contributed by atoms with E-state index in [-0.39, 0.29) is 5.56 Å². The van der Waals surface area contributed by atoms with Crippen molar-refractivity contribution < 1.29 is 19.0 Å². The highest BCUT2D eigenvalue weighted by molar-refractivity contribution is 5.45. The number of rotatable bonds is 3. The molecule has 0 amide bonds. The fraction of sp³-hybridized carbons (Fsp3) is 0.571. The number of benzene rings is 1. The standard InChI is InChI=1S/C14H19FO3/c1-17-10-8-11(15)13(12(9-10)18-2)14(16)6-4-3-5-7-14/h8-9,16H,3-7H2,1-2H3. The van der Waals surface area contributed by atoms with Gasteiger partial charge in [0.05, 0.1) is 25.4 Å². The van der Waals surface area contributed by atoms with Crippen LogP contribution in [-0.2, 0) is 5.60 Å². The molecule has 3 nitrogen and oxygen atoms in total. The lowest BCUT2D eigenvalue weighted by Gasteiger charge is -2.33. The summed E-state index contributed by atoms with van der Waals surface area (Å²) in [6, 6.07) is 2.91. The molecule has 1 fully saturated rings. The van der Waals surface area contributed by atoms with Crippen LogP contribution in [0.2, 0.25) is 0 Å². The Morgan fingerprint density at radius 1 is 1.11 bits per heavy atom. The first-order valence-electron chi connectivity index (χ1n) is 6.25. The van der Waals surface area contributed by atoms with Crippen molar-refractivity contribution in [3.8, 4) is 11.5 Å². The predicted molar refractivity (Wildman–Crippen MR) is 66.5 cm³/mol. The van der Waals surface area contributed by atoms with Crippen molar-refractivity contribution in [2.75, 3.05) is 14.2 Å². The largest absolute Gasteiger partial charge is 0.497 e. The van der Waals surface area contributed by atoms with Gasteiger partial charge in [0.2, 0.25) is 0 Å². The lowest BCUT2D eigenvalue weighted by molar-refractivity contribution is -0.00583. The Balaban J connectivity index is 2.48. The van der Waals surface area contributed by atoms with Crippen LogP contribution in [-0.4, -0.2) is 19.3 Å². The molecule has 0 aromatic heterocycles. The summed E-state index contributed by atoms with van der Waals surface area (Å²) in [5.41, 5.74) is -0.842. The van der Waals surface area contributed by atoms with Crippen molar-refractivity contribution in [1.82, 2.24) is 0 Å². The summed E-state index contributed by atoms with van der Waals surface area (Å²) in [7, 11) is 2.95. The van der Waals surface area contributed by atoms with Gasteiger partial charge in [-0.15, -0.1) is 0 Å². The number of aliphatic hydroxyl groups is 1. The van der Waals surface area contributed by atoms with E-state index < -0.39 is 11.4 Å². The number of hydrogen-bond acceptors (Lipinski definition) is 3. The van der Waals surface area contributed by atoms with Crippen LogP contribution in [0.25, 0.3) is 0 Å². The van der Waals surface area contributed by atoms with E-state index in [2.05, 4.69) is 0 Å². The quantitative estimate of drug-likeness (QED) is 0.901. The molecule has 2 rings (SSSR count). The summed E-state index contributed by atoms with van der Waals surface area (Å²) < 4.78 is 24.4. The Labute approximate surface area is 107 Å². The third kappa shape index (κ3) is 2.29. The van der Waals surface area contributed by atoms with Crippen LogP contribution in [0.5, 0.6) is 11.5 Å². The molecular formula is C14H19FO3. The van der Waals surface area contributed by atoms with E-state index in [1.165, 1.54) is 20.3 Å². The van der Waals surface area contributed by atoms with E-state index >= 15 is 0 Å². The molecule has 4 heteroatoms. The van der Waals surface area contributed by atoms with Crippen molar-refractivity contribution in [3.05, 3.63) is 23.5 Å². The van der Waals surface area contributed by atoms with Gasteiger partial charge in [-0.05, 0) is 12.8 Å². The molecular weight excluding hydrogens is 235 g/mol. The van der Waals surface area contributed by atoms with Gasteiger partial charge in [-0.3, -0.25) is 0 Å². The minimum absolute atomic E-state index is 0.269. The van der Waals surface area contributed by atoms with Gasteiger partial charge < -0.3 is 14.6 Å². The smallest absolute Gasteiger partial charge is 0.136 e. The van der Waals surface area contributed by atoms with Crippen molar-refractivity contribution in [2.45, 2.75) is 37.7 Å². The zero-order chi connectivity index (χ0) is 13.2. The fourth-order valence-corrected chi connectivity index (χ4v) is 2.67. The molecule has 0 radical (unpaired) electrons. The summed E-state index contributed by atoms with van der Waals surface area (Å²) >= 11 is 0. The molecule has 0 bridgehead atoms. The number of ether oxygens (including phenoxy) is 2. The first-order valence-corrected chi connectivity index (χ1v) is 6.25. The van der Waals surface area contributed by atoms with Gasteiger partial charge in [0.25, 0.3) is 0 Å². The van der Waals surface area contributed by atoms with Crippen molar-refractivity contribution in [2.24, 2.45) is 0 Å². The Kier molecular flexibility index (Phi) is 3.76. The van der Waals surface area contributed by atoms with Gasteiger partial charge in [0, 0.05) is 12.1 Å². The minimum atomic E-state index is -1.11. The van der Waals surface area contributed by atoms with E-state index in [1.54, 1.807) is 6.07 Å². The SMILES string of the molecule is COc1cc(F)c(C2(O)CCCCC2)c(OC)c1. The lowest BCUT2D eigenvalue weighted by Crippen LogP contribution is -2.30. The van der Waals surface area contributed by atoms with Crippen LogP contribution in [0, 0.1) is 5.82 Å². The second kappa shape index (κ2) is 5.14. The molecule has 0 saturated heterocycles. The van der Waals surface area contributed by atoms with Crippen LogP contribution in [0.1, 0.15) is 37.7 Å². The van der Waals surface area contributed by atoms with Crippen LogP contribution in [0.3, 0.4) is 0 Å². The fourth-order valence-electron chi connectivity index (χ4n) is 2.67. The van der Waals surface area contributed by atoms with Gasteiger partial charge in [0.1, 0.15) is 17.3 Å². The van der Waals surface area contributed by atoms with E-state index in [1.807, 2.05) is 0 Å². The van der Waals surface area contributed by atoms with Crippen LogP contribution >= 0.6 is 0 Å². The Morgan fingerprint density at radius 3 is 2.33 bits per heavy atom. The molecule has 0 unspecified atom stereocenters. The number of methoxy groups -OCH3 is 2. The molecule has 1 aromatic carbocycles. The van der Waals surface area contributed by atoms with Crippen LogP contribution in [0.15, 0.2) is 12.1 Å². The molecule has 1 aliphatic carbocycles. The lowest BCUT2D eigenvalue weighted by atomic mass is 9.79. The second-order valence-electron chi connectivity index (χ2n) is 4.78. The summed E-state index contributed by atoms with van der Waals surface area (Å²) in [5.74, 6) is 0.291. The van der Waals surface area contributed by atoms with Gasteiger partial charge >= 0.3 is 0 Å². The highest BCUT2D eigenvalue weighted by Crippen LogP contribution is 2.43. The van der Waals surface area contributed by atoms with E-state index in [0.29, 0.717) is 24.3 Å². The van der Waals surface area contributed by atoms with Crippen molar-refractivity contribution in [3.63, 3.8) is 0 Å². The molecule has 0 aliphatic heterocycles. The molecule has 1 N–H and O–H groups in total. The van der Waals surface area contributed by atoms with Crippen LogP contribution in [0.4, 0.5) is 4.39 Å². The maximum Gasteiger partial charge on any atom is 0.136 e. The minimum Gasteiger partial charge on any atom is -0.497 e. The highest BCUT2D eigenvalue weighted by Gasteiger charge is 2.36.